The molecule has 1 saturated heterocycles. The number of amides is 3. The number of rotatable bonds is 7. The molecule has 0 N–H and O–H groups in total. The van der Waals surface area contributed by atoms with Crippen LogP contribution in [0.5, 0.6) is 0 Å². The molecule has 1 atom stereocenters. The van der Waals surface area contributed by atoms with E-state index in [1.807, 2.05) is 26.0 Å². The molecule has 32 heavy (non-hydrogen) atoms. The quantitative estimate of drug-likeness (QED) is 0.267. The molecule has 0 radical (unpaired) electrons. The van der Waals surface area contributed by atoms with Crippen molar-refractivity contribution in [1.29, 1.82) is 0 Å². The van der Waals surface area contributed by atoms with Gasteiger partial charge in [-0.05, 0) is 35.7 Å². The molecule has 0 bridgehead atoms. The molecule has 3 rings (SSSR count). The Morgan fingerprint density at radius 1 is 1.28 bits per heavy atom. The third kappa shape index (κ3) is 4.40. The van der Waals surface area contributed by atoms with Gasteiger partial charge in [0.15, 0.2) is 0 Å². The average Bonchev–Trinajstić information content (AvgIpc) is 3.05. The molecular formula is C23H22ClN3O5. The summed E-state index contributed by atoms with van der Waals surface area (Å²) >= 11 is 5.84. The van der Waals surface area contributed by atoms with Gasteiger partial charge in [-0.1, -0.05) is 43.7 Å². The number of carbonyl (C=O) groups excluding carboxylic acids is 3. The minimum Gasteiger partial charge on any atom is -0.322 e. The summed E-state index contributed by atoms with van der Waals surface area (Å²) in [5.41, 5.74) is 1.07. The minimum absolute atomic E-state index is 0.0112. The van der Waals surface area contributed by atoms with Gasteiger partial charge in [-0.15, -0.1) is 6.58 Å². The number of carbonyl (C=O) groups is 3. The fourth-order valence-corrected chi connectivity index (χ4v) is 3.77. The lowest BCUT2D eigenvalue weighted by atomic mass is 10.0. The summed E-state index contributed by atoms with van der Waals surface area (Å²) in [6.07, 6.45) is 1.24. The van der Waals surface area contributed by atoms with Crippen LogP contribution in [0.25, 0.3) is 0 Å². The highest BCUT2D eigenvalue weighted by atomic mass is 35.5. The van der Waals surface area contributed by atoms with Crippen LogP contribution in [0.3, 0.4) is 0 Å². The van der Waals surface area contributed by atoms with Crippen molar-refractivity contribution in [1.82, 2.24) is 4.90 Å². The van der Waals surface area contributed by atoms with Gasteiger partial charge < -0.3 is 4.90 Å². The van der Waals surface area contributed by atoms with Gasteiger partial charge >= 0.3 is 0 Å². The smallest absolute Gasteiger partial charge is 0.288 e. The van der Waals surface area contributed by atoms with Crippen LogP contribution < -0.4 is 4.90 Å². The lowest BCUT2D eigenvalue weighted by Crippen LogP contribution is -2.45. The number of nitrogens with zero attached hydrogens (tertiary/aromatic N) is 3. The van der Waals surface area contributed by atoms with Crippen LogP contribution in [0, 0.1) is 10.1 Å². The normalized spacial score (nSPS) is 15.9. The highest BCUT2D eigenvalue weighted by Crippen LogP contribution is 2.30. The molecule has 8 nitrogen and oxygen atoms in total. The summed E-state index contributed by atoms with van der Waals surface area (Å²) in [5, 5.41) is 11.1. The Hall–Kier alpha value is -3.52. The maximum atomic E-state index is 13.2. The summed E-state index contributed by atoms with van der Waals surface area (Å²) in [5.74, 6) is -1.30. The summed E-state index contributed by atoms with van der Waals surface area (Å²) in [7, 11) is 0. The molecule has 2 aromatic rings. The zero-order valence-electron chi connectivity index (χ0n) is 17.7. The summed E-state index contributed by atoms with van der Waals surface area (Å²) in [6, 6.07) is 9.73. The minimum atomic E-state index is -1.05. The molecule has 1 heterocycles. The second kappa shape index (κ2) is 9.32. The molecule has 9 heteroatoms. The SMILES string of the molecule is C=CCN(C(=O)c1ccc(Cl)c([N+](=O)[O-])c1)C1CC(=O)N(c2ccc(C(C)C)cc2)C1=O. The fourth-order valence-electron chi connectivity index (χ4n) is 3.58. The first kappa shape index (κ1) is 23.1. The second-order valence-corrected chi connectivity index (χ2v) is 8.11. The van der Waals surface area contributed by atoms with E-state index in [1.54, 1.807) is 12.1 Å². The van der Waals surface area contributed by atoms with Gasteiger partial charge in [0.1, 0.15) is 11.1 Å². The van der Waals surface area contributed by atoms with Crippen molar-refractivity contribution in [2.24, 2.45) is 0 Å². The van der Waals surface area contributed by atoms with Crippen LogP contribution in [-0.2, 0) is 9.59 Å². The van der Waals surface area contributed by atoms with E-state index in [9.17, 15) is 24.5 Å². The lowest BCUT2D eigenvalue weighted by molar-refractivity contribution is -0.384. The number of hydrogen-bond donors (Lipinski definition) is 0. The standard InChI is InChI=1S/C23H22ClN3O5/c1-4-11-25(22(29)16-7-10-18(24)19(12-16)27(31)32)20-13-21(28)26(23(20)30)17-8-5-15(6-9-17)14(2)3/h4-10,12,14,20H,1,11,13H2,2-3H3. The van der Waals surface area contributed by atoms with Crippen molar-refractivity contribution in [3.8, 4) is 0 Å². The largest absolute Gasteiger partial charge is 0.322 e. The first-order valence-electron chi connectivity index (χ1n) is 9.98. The van der Waals surface area contributed by atoms with E-state index in [2.05, 4.69) is 6.58 Å². The van der Waals surface area contributed by atoms with Gasteiger partial charge in [0, 0.05) is 18.2 Å². The molecule has 1 fully saturated rings. The molecule has 1 aliphatic rings. The summed E-state index contributed by atoms with van der Waals surface area (Å²) in [6.45, 7) is 7.68. The number of halogens is 1. The highest BCUT2D eigenvalue weighted by molar-refractivity contribution is 6.32. The molecule has 1 unspecified atom stereocenters. The van der Waals surface area contributed by atoms with E-state index in [-0.39, 0.29) is 23.6 Å². The molecule has 1 aliphatic heterocycles. The maximum Gasteiger partial charge on any atom is 0.288 e. The third-order valence-electron chi connectivity index (χ3n) is 5.29. The van der Waals surface area contributed by atoms with Crippen molar-refractivity contribution >= 4 is 40.7 Å². The van der Waals surface area contributed by atoms with Gasteiger partial charge in [0.2, 0.25) is 5.91 Å². The van der Waals surface area contributed by atoms with Gasteiger partial charge in [-0.3, -0.25) is 24.5 Å². The Kier molecular flexibility index (Phi) is 6.74. The Balaban J connectivity index is 1.91. The Morgan fingerprint density at radius 2 is 1.94 bits per heavy atom. The zero-order chi connectivity index (χ0) is 23.6. The summed E-state index contributed by atoms with van der Waals surface area (Å²) in [4.78, 5) is 51.8. The molecule has 0 aliphatic carbocycles. The first-order valence-corrected chi connectivity index (χ1v) is 10.4. The summed E-state index contributed by atoms with van der Waals surface area (Å²) < 4.78 is 0. The van der Waals surface area contributed by atoms with E-state index in [0.29, 0.717) is 11.6 Å². The number of nitro groups is 1. The molecule has 2 aromatic carbocycles. The Labute approximate surface area is 190 Å². The lowest BCUT2D eigenvalue weighted by Gasteiger charge is -2.26. The van der Waals surface area contributed by atoms with E-state index in [0.717, 1.165) is 16.5 Å². The van der Waals surface area contributed by atoms with E-state index < -0.39 is 34.4 Å². The highest BCUT2D eigenvalue weighted by Gasteiger charge is 2.44. The molecular weight excluding hydrogens is 434 g/mol. The van der Waals surface area contributed by atoms with Crippen LogP contribution in [0.4, 0.5) is 11.4 Å². The van der Waals surface area contributed by atoms with Crippen LogP contribution in [0.1, 0.15) is 42.1 Å². The van der Waals surface area contributed by atoms with Crippen molar-refractivity contribution in [2.45, 2.75) is 32.2 Å². The Morgan fingerprint density at radius 3 is 2.50 bits per heavy atom. The number of anilines is 1. The van der Waals surface area contributed by atoms with Gasteiger partial charge in [0.25, 0.3) is 17.5 Å². The molecule has 3 amide bonds. The number of hydrogen-bond acceptors (Lipinski definition) is 5. The van der Waals surface area contributed by atoms with Crippen LogP contribution in [0.15, 0.2) is 55.1 Å². The zero-order valence-corrected chi connectivity index (χ0v) is 18.4. The number of imide groups is 1. The average molecular weight is 456 g/mol. The maximum absolute atomic E-state index is 13.2. The van der Waals surface area contributed by atoms with Gasteiger partial charge in [0.05, 0.1) is 17.0 Å². The van der Waals surface area contributed by atoms with Crippen molar-refractivity contribution in [3.63, 3.8) is 0 Å². The predicted molar refractivity (Wildman–Crippen MR) is 121 cm³/mol. The molecule has 166 valence electrons. The van der Waals surface area contributed by atoms with Gasteiger partial charge in [-0.2, -0.15) is 0 Å². The Bertz CT molecular complexity index is 1100. The molecule has 0 spiro atoms. The number of nitro benzene ring substituents is 1. The second-order valence-electron chi connectivity index (χ2n) is 7.70. The number of benzene rings is 2. The van der Waals surface area contributed by atoms with Crippen LogP contribution >= 0.6 is 11.6 Å². The van der Waals surface area contributed by atoms with Crippen molar-refractivity contribution < 1.29 is 19.3 Å². The van der Waals surface area contributed by atoms with E-state index >= 15 is 0 Å². The topological polar surface area (TPSA) is 101 Å². The van der Waals surface area contributed by atoms with E-state index in [1.165, 1.54) is 23.1 Å². The monoisotopic (exact) mass is 455 g/mol. The van der Waals surface area contributed by atoms with Crippen molar-refractivity contribution in [3.05, 3.63) is 81.4 Å². The van der Waals surface area contributed by atoms with Gasteiger partial charge in [-0.25, -0.2) is 4.90 Å². The predicted octanol–water partition coefficient (Wildman–Crippen LogP) is 4.33. The van der Waals surface area contributed by atoms with E-state index in [4.69, 9.17) is 11.6 Å². The fraction of sp³-hybridized carbons (Fsp3) is 0.261. The molecule has 0 aromatic heterocycles. The van der Waals surface area contributed by atoms with Crippen LogP contribution in [0.2, 0.25) is 5.02 Å². The molecule has 0 saturated carbocycles. The third-order valence-corrected chi connectivity index (χ3v) is 5.61. The van der Waals surface area contributed by atoms with Crippen LogP contribution in [-0.4, -0.2) is 40.1 Å². The first-order chi connectivity index (χ1) is 15.1. The van der Waals surface area contributed by atoms with Crippen molar-refractivity contribution in [2.75, 3.05) is 11.4 Å².